The van der Waals surface area contributed by atoms with Crippen molar-refractivity contribution in [2.45, 2.75) is 58.8 Å². The number of allylic oxidation sites excluding steroid dienone is 3. The van der Waals surface area contributed by atoms with Crippen LogP contribution in [0.2, 0.25) is 0 Å². The lowest BCUT2D eigenvalue weighted by molar-refractivity contribution is -0.115. The Bertz CT molecular complexity index is 932. The van der Waals surface area contributed by atoms with Gasteiger partial charge >= 0.3 is 0 Å². The van der Waals surface area contributed by atoms with E-state index in [0.29, 0.717) is 18.2 Å². The summed E-state index contributed by atoms with van der Waals surface area (Å²) >= 11 is 0. The molecule has 0 saturated carbocycles. The SMILES string of the molecule is CCCC(CC)Cc1nc(-c2ccc(OC)cc2)cnc1NC(=O)CC1=CC=CCC1. The lowest BCUT2D eigenvalue weighted by Crippen LogP contribution is -2.17. The number of benzene rings is 1. The van der Waals surface area contributed by atoms with Crippen LogP contribution in [-0.4, -0.2) is 23.0 Å². The number of hydrogen-bond donors (Lipinski definition) is 1. The van der Waals surface area contributed by atoms with Crippen molar-refractivity contribution < 1.29 is 9.53 Å². The van der Waals surface area contributed by atoms with E-state index in [4.69, 9.17) is 9.72 Å². The lowest BCUT2D eigenvalue weighted by atomic mass is 9.95. The molecule has 0 aliphatic heterocycles. The van der Waals surface area contributed by atoms with E-state index in [2.05, 4.69) is 30.2 Å². The van der Waals surface area contributed by atoms with E-state index in [1.165, 1.54) is 0 Å². The molecule has 5 nitrogen and oxygen atoms in total. The Morgan fingerprint density at radius 3 is 2.68 bits per heavy atom. The fourth-order valence-corrected chi connectivity index (χ4v) is 3.89. The number of hydrogen-bond acceptors (Lipinski definition) is 4. The summed E-state index contributed by atoms with van der Waals surface area (Å²) in [7, 11) is 1.66. The third kappa shape index (κ3) is 6.51. The molecule has 1 heterocycles. The van der Waals surface area contributed by atoms with Gasteiger partial charge in [0.05, 0.1) is 24.7 Å². The van der Waals surface area contributed by atoms with Gasteiger partial charge in [0.25, 0.3) is 0 Å². The van der Waals surface area contributed by atoms with E-state index < -0.39 is 0 Å². The van der Waals surface area contributed by atoms with Crippen LogP contribution in [0.4, 0.5) is 5.82 Å². The van der Waals surface area contributed by atoms with Crippen molar-refractivity contribution in [2.24, 2.45) is 5.92 Å². The van der Waals surface area contributed by atoms with E-state index in [1.54, 1.807) is 13.3 Å². The molecule has 164 valence electrons. The Morgan fingerprint density at radius 2 is 2.03 bits per heavy atom. The molecule has 0 saturated heterocycles. The molecule has 1 atom stereocenters. The molecule has 31 heavy (non-hydrogen) atoms. The molecule has 2 aromatic rings. The third-order valence-corrected chi connectivity index (χ3v) is 5.73. The molecule has 1 aromatic heterocycles. The quantitative estimate of drug-likeness (QED) is 0.503. The number of methoxy groups -OCH3 is 1. The van der Waals surface area contributed by atoms with Gasteiger partial charge < -0.3 is 10.1 Å². The van der Waals surface area contributed by atoms with Gasteiger partial charge in [0.2, 0.25) is 5.91 Å². The van der Waals surface area contributed by atoms with Crippen molar-refractivity contribution in [1.82, 2.24) is 9.97 Å². The lowest BCUT2D eigenvalue weighted by Gasteiger charge is -2.17. The molecular weight excluding hydrogens is 386 g/mol. The zero-order valence-electron chi connectivity index (χ0n) is 18.9. The number of ether oxygens (including phenoxy) is 1. The van der Waals surface area contributed by atoms with Crippen molar-refractivity contribution in [1.29, 1.82) is 0 Å². The van der Waals surface area contributed by atoms with Gasteiger partial charge in [-0.1, -0.05) is 56.9 Å². The highest BCUT2D eigenvalue weighted by Gasteiger charge is 2.17. The van der Waals surface area contributed by atoms with Gasteiger partial charge in [-0.3, -0.25) is 4.79 Å². The Labute approximate surface area is 185 Å². The van der Waals surface area contributed by atoms with Crippen molar-refractivity contribution in [3.8, 4) is 17.0 Å². The van der Waals surface area contributed by atoms with Crippen LogP contribution in [0.1, 0.15) is 58.1 Å². The molecule has 0 bridgehead atoms. The summed E-state index contributed by atoms with van der Waals surface area (Å²) < 4.78 is 5.26. The predicted molar refractivity (Wildman–Crippen MR) is 126 cm³/mol. The number of nitrogens with zero attached hydrogens (tertiary/aromatic N) is 2. The number of aromatic nitrogens is 2. The minimum Gasteiger partial charge on any atom is -0.497 e. The van der Waals surface area contributed by atoms with Gasteiger partial charge in [-0.25, -0.2) is 9.97 Å². The van der Waals surface area contributed by atoms with E-state index in [0.717, 1.165) is 66.8 Å². The van der Waals surface area contributed by atoms with Gasteiger partial charge in [0, 0.05) is 12.0 Å². The highest BCUT2D eigenvalue weighted by Crippen LogP contribution is 2.26. The zero-order valence-corrected chi connectivity index (χ0v) is 18.9. The third-order valence-electron chi connectivity index (χ3n) is 5.73. The van der Waals surface area contributed by atoms with E-state index in [1.807, 2.05) is 36.4 Å². The van der Waals surface area contributed by atoms with Gasteiger partial charge in [-0.15, -0.1) is 0 Å². The summed E-state index contributed by atoms with van der Waals surface area (Å²) in [6.45, 7) is 4.42. The normalized spacial score (nSPS) is 14.1. The molecule has 0 fully saturated rings. The van der Waals surface area contributed by atoms with Crippen molar-refractivity contribution in [3.05, 3.63) is 60.0 Å². The highest BCUT2D eigenvalue weighted by atomic mass is 16.5. The molecule has 1 N–H and O–H groups in total. The molecule has 0 radical (unpaired) electrons. The number of rotatable bonds is 10. The van der Waals surface area contributed by atoms with Gasteiger partial charge in [-0.05, 0) is 49.4 Å². The largest absolute Gasteiger partial charge is 0.497 e. The first-order chi connectivity index (χ1) is 15.1. The first-order valence-corrected chi connectivity index (χ1v) is 11.3. The van der Waals surface area contributed by atoms with Gasteiger partial charge in [-0.2, -0.15) is 0 Å². The first-order valence-electron chi connectivity index (χ1n) is 11.3. The molecule has 0 spiro atoms. The topological polar surface area (TPSA) is 64.1 Å². The second-order valence-electron chi connectivity index (χ2n) is 8.06. The molecule has 1 aliphatic carbocycles. The van der Waals surface area contributed by atoms with Crippen LogP contribution in [0.3, 0.4) is 0 Å². The van der Waals surface area contributed by atoms with Crippen LogP contribution in [-0.2, 0) is 11.2 Å². The van der Waals surface area contributed by atoms with Crippen molar-refractivity contribution >= 4 is 11.7 Å². The zero-order chi connectivity index (χ0) is 22.1. The number of amides is 1. The van der Waals surface area contributed by atoms with Crippen LogP contribution in [0.5, 0.6) is 5.75 Å². The van der Waals surface area contributed by atoms with Crippen LogP contribution < -0.4 is 10.1 Å². The summed E-state index contributed by atoms with van der Waals surface area (Å²) in [5.74, 6) is 1.88. The Morgan fingerprint density at radius 1 is 1.23 bits per heavy atom. The summed E-state index contributed by atoms with van der Waals surface area (Å²) in [5, 5.41) is 3.03. The summed E-state index contributed by atoms with van der Waals surface area (Å²) in [5.41, 5.74) is 3.80. The monoisotopic (exact) mass is 419 g/mol. The highest BCUT2D eigenvalue weighted by molar-refractivity contribution is 5.92. The number of carbonyl (C=O) groups excluding carboxylic acids is 1. The van der Waals surface area contributed by atoms with E-state index in [9.17, 15) is 4.79 Å². The summed E-state index contributed by atoms with van der Waals surface area (Å²) in [6.07, 6.45) is 14.4. The maximum absolute atomic E-state index is 12.7. The molecule has 5 heteroatoms. The van der Waals surface area contributed by atoms with Crippen LogP contribution in [0, 0.1) is 5.92 Å². The van der Waals surface area contributed by atoms with E-state index >= 15 is 0 Å². The molecule has 1 aromatic carbocycles. The fraction of sp³-hybridized carbons (Fsp3) is 0.423. The fourth-order valence-electron chi connectivity index (χ4n) is 3.89. The van der Waals surface area contributed by atoms with Crippen molar-refractivity contribution in [2.75, 3.05) is 12.4 Å². The van der Waals surface area contributed by atoms with Crippen LogP contribution in [0.15, 0.2) is 54.3 Å². The minimum atomic E-state index is -0.0298. The number of anilines is 1. The first kappa shape index (κ1) is 22.7. The molecule has 1 unspecified atom stereocenters. The maximum Gasteiger partial charge on any atom is 0.229 e. The number of carbonyl (C=O) groups is 1. The summed E-state index contributed by atoms with van der Waals surface area (Å²) in [4.78, 5) is 22.2. The smallest absolute Gasteiger partial charge is 0.229 e. The standard InChI is InChI=1S/C26H33N3O2/c1-4-9-19(5-2)16-23-26(29-25(30)17-20-10-7-6-8-11-20)27-18-24(28-23)21-12-14-22(31-3)15-13-21/h6-7,10,12-15,18-19H,4-5,8-9,11,16-17H2,1-3H3,(H,27,29,30). The van der Waals surface area contributed by atoms with Gasteiger partial charge in [0.1, 0.15) is 5.75 Å². The van der Waals surface area contributed by atoms with Gasteiger partial charge in [0.15, 0.2) is 5.82 Å². The maximum atomic E-state index is 12.7. The Balaban J connectivity index is 1.84. The Kier molecular flexibility index (Phi) is 8.39. The van der Waals surface area contributed by atoms with Crippen LogP contribution >= 0.6 is 0 Å². The minimum absolute atomic E-state index is 0.0298. The molecular formula is C26H33N3O2. The molecule has 1 aliphatic rings. The van der Waals surface area contributed by atoms with Crippen molar-refractivity contribution in [3.63, 3.8) is 0 Å². The molecule has 3 rings (SSSR count). The predicted octanol–water partition coefficient (Wildman–Crippen LogP) is 6.13. The summed E-state index contributed by atoms with van der Waals surface area (Å²) in [6, 6.07) is 7.81. The average Bonchev–Trinajstić information content (AvgIpc) is 2.80. The Hall–Kier alpha value is -2.95. The molecule has 1 amide bonds. The second kappa shape index (κ2) is 11.4. The number of nitrogens with one attached hydrogen (secondary N) is 1. The van der Waals surface area contributed by atoms with Crippen LogP contribution in [0.25, 0.3) is 11.3 Å². The average molecular weight is 420 g/mol. The second-order valence-corrected chi connectivity index (χ2v) is 8.06. The van der Waals surface area contributed by atoms with E-state index in [-0.39, 0.29) is 5.91 Å².